The van der Waals surface area contributed by atoms with E-state index in [1.165, 1.54) is 6.92 Å². The van der Waals surface area contributed by atoms with Crippen molar-refractivity contribution in [1.29, 1.82) is 0 Å². The highest BCUT2D eigenvalue weighted by molar-refractivity contribution is 5.84. The van der Waals surface area contributed by atoms with Gasteiger partial charge in [0.25, 0.3) is 0 Å². The third kappa shape index (κ3) is 5.81. The lowest BCUT2D eigenvalue weighted by Crippen LogP contribution is -2.54. The monoisotopic (exact) mass is 426 g/mol. The summed E-state index contributed by atoms with van der Waals surface area (Å²) in [5.41, 5.74) is 6.86. The van der Waals surface area contributed by atoms with E-state index in [0.717, 1.165) is 11.1 Å². The van der Waals surface area contributed by atoms with Crippen molar-refractivity contribution in [3.05, 3.63) is 23.3 Å². The Bertz CT molecular complexity index is 685. The number of aliphatic hydroxyl groups is 2. The summed E-state index contributed by atoms with van der Waals surface area (Å²) in [7, 11) is 1.57. The SMILES string of the molecule is CO[C@H]1C(/C(C)=C/C/C=C(\C)CO)[C@]2(CC[C@H]1OC(=O)N[C@@H](C(N)=O)C(C)O)CO2. The number of carbonyl (C=O) groups excluding carboxylic acids is 2. The summed E-state index contributed by atoms with van der Waals surface area (Å²) in [5, 5.41) is 21.1. The van der Waals surface area contributed by atoms with Gasteiger partial charge in [-0.05, 0) is 40.0 Å². The topological polar surface area (TPSA) is 144 Å². The van der Waals surface area contributed by atoms with Gasteiger partial charge in [-0.1, -0.05) is 23.3 Å². The lowest BCUT2D eigenvalue weighted by molar-refractivity contribution is -0.122. The third-order valence-electron chi connectivity index (χ3n) is 5.87. The van der Waals surface area contributed by atoms with Crippen LogP contribution in [0.4, 0.5) is 4.79 Å². The Morgan fingerprint density at radius 3 is 2.53 bits per heavy atom. The Morgan fingerprint density at radius 1 is 1.37 bits per heavy atom. The van der Waals surface area contributed by atoms with Gasteiger partial charge in [-0.3, -0.25) is 4.79 Å². The van der Waals surface area contributed by atoms with Crippen molar-refractivity contribution in [2.45, 2.75) is 70.0 Å². The standard InChI is InChI=1S/C21H34N2O7/c1-12(10-24)6-5-7-13(2)16-18(28-4)15(8-9-21(16)11-29-21)30-20(27)23-17(14(3)25)19(22)26/h6-7,14-18,24-25H,5,8-11H2,1-4H3,(H2,22,26)(H,23,27)/b12-6+,13-7+/t14?,15-,16?,17-,18-,21+/m1/s1. The number of nitrogens with two attached hydrogens (primary N) is 1. The number of hydrogen-bond acceptors (Lipinski definition) is 7. The average Bonchev–Trinajstić information content (AvgIpc) is 3.46. The van der Waals surface area contributed by atoms with E-state index in [0.29, 0.717) is 25.9 Å². The van der Waals surface area contributed by atoms with Gasteiger partial charge in [0.2, 0.25) is 5.91 Å². The first-order chi connectivity index (χ1) is 14.1. The van der Waals surface area contributed by atoms with Gasteiger partial charge in [-0.2, -0.15) is 0 Å². The summed E-state index contributed by atoms with van der Waals surface area (Å²) in [6.07, 6.45) is 3.00. The highest BCUT2D eigenvalue weighted by Gasteiger charge is 2.59. The number of carbonyl (C=O) groups is 2. The molecule has 0 bridgehead atoms. The molecule has 2 unspecified atom stereocenters. The molecule has 170 valence electrons. The van der Waals surface area contributed by atoms with E-state index >= 15 is 0 Å². The highest BCUT2D eigenvalue weighted by Crippen LogP contribution is 2.50. The molecular weight excluding hydrogens is 392 g/mol. The van der Waals surface area contributed by atoms with Crippen LogP contribution in [0, 0.1) is 5.92 Å². The summed E-state index contributed by atoms with van der Waals surface area (Å²) < 4.78 is 17.1. The second-order valence-electron chi connectivity index (χ2n) is 8.17. The van der Waals surface area contributed by atoms with E-state index in [4.69, 9.17) is 25.1 Å². The number of alkyl carbamates (subject to hydrolysis) is 1. The van der Waals surface area contributed by atoms with E-state index in [1.54, 1.807) is 7.11 Å². The molecule has 0 aromatic rings. The molecule has 6 atom stereocenters. The van der Waals surface area contributed by atoms with Gasteiger partial charge in [0.15, 0.2) is 0 Å². The molecular formula is C21H34N2O7. The minimum Gasteiger partial charge on any atom is -0.443 e. The summed E-state index contributed by atoms with van der Waals surface area (Å²) in [4.78, 5) is 23.8. The number of methoxy groups -OCH3 is 1. The van der Waals surface area contributed by atoms with Crippen molar-refractivity contribution < 1.29 is 34.0 Å². The number of amides is 2. The van der Waals surface area contributed by atoms with Gasteiger partial charge < -0.3 is 35.5 Å². The number of primary amides is 1. The molecule has 0 aromatic heterocycles. The zero-order valence-electron chi connectivity index (χ0n) is 18.1. The van der Waals surface area contributed by atoms with Crippen molar-refractivity contribution in [3.63, 3.8) is 0 Å². The number of nitrogens with one attached hydrogen (secondary N) is 1. The van der Waals surface area contributed by atoms with Crippen LogP contribution in [0.1, 0.15) is 40.0 Å². The van der Waals surface area contributed by atoms with Crippen LogP contribution in [0.25, 0.3) is 0 Å². The Labute approximate surface area is 177 Å². The van der Waals surface area contributed by atoms with Gasteiger partial charge >= 0.3 is 6.09 Å². The fourth-order valence-corrected chi connectivity index (χ4v) is 4.09. The molecule has 5 N–H and O–H groups in total. The summed E-state index contributed by atoms with van der Waals surface area (Å²) in [6, 6.07) is -1.24. The molecule has 9 nitrogen and oxygen atoms in total. The molecule has 2 aliphatic rings. The Balaban J connectivity index is 2.12. The first-order valence-electron chi connectivity index (χ1n) is 10.2. The lowest BCUT2D eigenvalue weighted by Gasteiger charge is -2.41. The van der Waals surface area contributed by atoms with Gasteiger partial charge in [-0.15, -0.1) is 0 Å². The molecule has 2 amide bonds. The average molecular weight is 427 g/mol. The zero-order valence-corrected chi connectivity index (χ0v) is 18.1. The van der Waals surface area contributed by atoms with Crippen molar-refractivity contribution in [2.24, 2.45) is 11.7 Å². The smallest absolute Gasteiger partial charge is 0.408 e. The normalized spacial score (nSPS) is 31.2. The molecule has 30 heavy (non-hydrogen) atoms. The van der Waals surface area contributed by atoms with Crippen molar-refractivity contribution in [2.75, 3.05) is 20.3 Å². The zero-order chi connectivity index (χ0) is 22.5. The predicted octanol–water partition coefficient (Wildman–Crippen LogP) is 0.785. The van der Waals surface area contributed by atoms with Gasteiger partial charge in [0, 0.05) is 13.0 Å². The molecule has 2 fully saturated rings. The minimum atomic E-state index is -1.24. The van der Waals surface area contributed by atoms with Crippen molar-refractivity contribution in [3.8, 4) is 0 Å². The number of aliphatic hydroxyl groups excluding tert-OH is 2. The number of hydrogen-bond donors (Lipinski definition) is 4. The summed E-state index contributed by atoms with van der Waals surface area (Å²) >= 11 is 0. The molecule has 1 aliphatic carbocycles. The second-order valence-corrected chi connectivity index (χ2v) is 8.17. The maximum atomic E-state index is 12.3. The van der Waals surface area contributed by atoms with Crippen LogP contribution in [0.3, 0.4) is 0 Å². The van der Waals surface area contributed by atoms with Gasteiger partial charge in [-0.25, -0.2) is 4.79 Å². The van der Waals surface area contributed by atoms with Crippen molar-refractivity contribution >= 4 is 12.0 Å². The largest absolute Gasteiger partial charge is 0.443 e. The van der Waals surface area contributed by atoms with Crippen LogP contribution in [-0.4, -0.2) is 72.5 Å². The fourth-order valence-electron chi connectivity index (χ4n) is 4.09. The predicted molar refractivity (Wildman–Crippen MR) is 109 cm³/mol. The van der Waals surface area contributed by atoms with Crippen LogP contribution in [0.2, 0.25) is 0 Å². The molecule has 2 rings (SSSR count). The quantitative estimate of drug-likeness (QED) is 0.315. The first-order valence-corrected chi connectivity index (χ1v) is 10.2. The van der Waals surface area contributed by atoms with Crippen LogP contribution in [0.15, 0.2) is 23.3 Å². The van der Waals surface area contributed by atoms with E-state index in [-0.39, 0.29) is 18.1 Å². The van der Waals surface area contributed by atoms with E-state index in [1.807, 2.05) is 19.9 Å². The molecule has 0 aromatic carbocycles. The molecule has 1 heterocycles. The van der Waals surface area contributed by atoms with Crippen LogP contribution >= 0.6 is 0 Å². The van der Waals surface area contributed by atoms with E-state index in [2.05, 4.69) is 11.4 Å². The molecule has 1 aliphatic heterocycles. The molecule has 1 saturated carbocycles. The first kappa shape index (κ1) is 24.3. The van der Waals surface area contributed by atoms with Crippen LogP contribution < -0.4 is 11.1 Å². The van der Waals surface area contributed by atoms with E-state index in [9.17, 15) is 14.7 Å². The Kier molecular flexibility index (Phi) is 8.42. The molecule has 1 spiro atoms. The maximum Gasteiger partial charge on any atom is 0.408 e. The number of allylic oxidation sites excluding steroid dienone is 2. The molecule has 9 heteroatoms. The van der Waals surface area contributed by atoms with E-state index < -0.39 is 36.4 Å². The second kappa shape index (κ2) is 10.4. The number of rotatable bonds is 9. The lowest BCUT2D eigenvalue weighted by atomic mass is 9.72. The minimum absolute atomic E-state index is 0.0217. The fraction of sp³-hybridized carbons (Fsp3) is 0.714. The highest BCUT2D eigenvalue weighted by atomic mass is 16.6. The maximum absolute atomic E-state index is 12.3. The third-order valence-corrected chi connectivity index (χ3v) is 5.87. The van der Waals surface area contributed by atoms with Crippen LogP contribution in [0.5, 0.6) is 0 Å². The number of ether oxygens (including phenoxy) is 3. The molecule has 0 radical (unpaired) electrons. The summed E-state index contributed by atoms with van der Waals surface area (Å²) in [5.74, 6) is -0.942. The summed E-state index contributed by atoms with van der Waals surface area (Å²) in [6.45, 7) is 5.87. The molecule has 1 saturated heterocycles. The van der Waals surface area contributed by atoms with Gasteiger partial charge in [0.05, 0.1) is 19.3 Å². The van der Waals surface area contributed by atoms with Crippen molar-refractivity contribution in [1.82, 2.24) is 5.32 Å². The van der Waals surface area contributed by atoms with Gasteiger partial charge in [0.1, 0.15) is 23.9 Å². The van der Waals surface area contributed by atoms with Crippen LogP contribution in [-0.2, 0) is 19.0 Å². The Morgan fingerprint density at radius 2 is 2.03 bits per heavy atom. The number of epoxide rings is 1. The Hall–Kier alpha value is -1.94.